The van der Waals surface area contributed by atoms with Gasteiger partial charge in [0.1, 0.15) is 11.4 Å². The Balaban J connectivity index is 1.54. The second kappa shape index (κ2) is 8.90. The number of imide groups is 1. The van der Waals surface area contributed by atoms with Crippen LogP contribution in [-0.4, -0.2) is 39.7 Å². The molecule has 166 valence electrons. The van der Waals surface area contributed by atoms with Crippen LogP contribution in [0.1, 0.15) is 29.3 Å². The average molecular weight is 440 g/mol. The smallest absolute Gasteiger partial charge is 0.278 e. The Morgan fingerprint density at radius 1 is 0.909 bits per heavy atom. The van der Waals surface area contributed by atoms with E-state index in [2.05, 4.69) is 17.1 Å². The molecule has 2 aliphatic rings. The first-order valence-corrected chi connectivity index (χ1v) is 11.2. The molecule has 1 aromatic heterocycles. The topological polar surface area (TPSA) is 62.7 Å². The molecule has 0 unspecified atom stereocenters. The van der Waals surface area contributed by atoms with Gasteiger partial charge < -0.3 is 9.64 Å². The monoisotopic (exact) mass is 439 g/mol. The van der Waals surface area contributed by atoms with Crippen LogP contribution in [0, 0.1) is 0 Å². The van der Waals surface area contributed by atoms with Gasteiger partial charge >= 0.3 is 0 Å². The van der Waals surface area contributed by atoms with E-state index in [0.717, 1.165) is 12.2 Å². The third kappa shape index (κ3) is 4.00. The van der Waals surface area contributed by atoms with Crippen molar-refractivity contribution in [2.75, 3.05) is 13.2 Å². The van der Waals surface area contributed by atoms with Crippen LogP contribution in [0.4, 0.5) is 0 Å². The molecule has 3 aromatic rings. The summed E-state index contributed by atoms with van der Waals surface area (Å²) in [4.78, 5) is 34.9. The van der Waals surface area contributed by atoms with E-state index in [1.165, 1.54) is 16.0 Å². The van der Waals surface area contributed by atoms with Gasteiger partial charge in [0.25, 0.3) is 11.8 Å². The fourth-order valence-electron chi connectivity index (χ4n) is 4.49. The van der Waals surface area contributed by atoms with Crippen molar-refractivity contribution >= 4 is 17.4 Å². The maximum atomic E-state index is 13.6. The van der Waals surface area contributed by atoms with Gasteiger partial charge in [0.15, 0.2) is 0 Å². The molecule has 6 heteroatoms. The van der Waals surface area contributed by atoms with E-state index in [1.807, 2.05) is 66.4 Å². The minimum Gasteiger partial charge on any atom is -0.494 e. The van der Waals surface area contributed by atoms with E-state index < -0.39 is 0 Å². The normalized spacial score (nSPS) is 15.8. The number of carbonyl (C=O) groups excluding carboxylic acids is 2. The van der Waals surface area contributed by atoms with Crippen molar-refractivity contribution in [1.29, 1.82) is 0 Å². The predicted octanol–water partition coefficient (Wildman–Crippen LogP) is 3.82. The van der Waals surface area contributed by atoms with Crippen LogP contribution in [-0.2, 0) is 29.1 Å². The first-order chi connectivity index (χ1) is 16.2. The van der Waals surface area contributed by atoms with E-state index in [4.69, 9.17) is 4.74 Å². The number of nitrogens with zero attached hydrogens (tertiary/aromatic N) is 3. The molecule has 0 spiro atoms. The fourth-order valence-corrected chi connectivity index (χ4v) is 4.49. The molecule has 2 aromatic carbocycles. The molecule has 3 heterocycles. The van der Waals surface area contributed by atoms with Gasteiger partial charge in [-0.15, -0.1) is 0 Å². The summed E-state index contributed by atoms with van der Waals surface area (Å²) >= 11 is 0. The van der Waals surface area contributed by atoms with Crippen LogP contribution >= 0.6 is 0 Å². The molecule has 0 N–H and O–H groups in total. The number of hydrogen-bond donors (Lipinski definition) is 0. The highest BCUT2D eigenvalue weighted by molar-refractivity contribution is 6.35. The summed E-state index contributed by atoms with van der Waals surface area (Å²) in [5.74, 6) is 0.176. The number of benzene rings is 2. The number of fused-ring (bicyclic) bond motifs is 1. The molecule has 0 bridgehead atoms. The lowest BCUT2D eigenvalue weighted by Crippen LogP contribution is -2.37. The highest BCUT2D eigenvalue weighted by atomic mass is 16.5. The summed E-state index contributed by atoms with van der Waals surface area (Å²) in [7, 11) is 0. The molecular weight excluding hydrogens is 414 g/mol. The summed E-state index contributed by atoms with van der Waals surface area (Å²) in [6.45, 7) is 3.92. The van der Waals surface area contributed by atoms with E-state index in [9.17, 15) is 9.59 Å². The maximum Gasteiger partial charge on any atom is 0.278 e. The lowest BCUT2D eigenvalue weighted by molar-refractivity contribution is -0.138. The molecule has 0 saturated heterocycles. The summed E-state index contributed by atoms with van der Waals surface area (Å²) in [6.07, 6.45) is 2.50. The highest BCUT2D eigenvalue weighted by Crippen LogP contribution is 2.35. The van der Waals surface area contributed by atoms with E-state index >= 15 is 0 Å². The highest BCUT2D eigenvalue weighted by Gasteiger charge is 2.42. The van der Waals surface area contributed by atoms with Gasteiger partial charge in [0.05, 0.1) is 24.4 Å². The maximum absolute atomic E-state index is 13.6. The van der Waals surface area contributed by atoms with Crippen molar-refractivity contribution in [3.63, 3.8) is 0 Å². The molecule has 5 rings (SSSR count). The van der Waals surface area contributed by atoms with Gasteiger partial charge in [0.2, 0.25) is 0 Å². The number of pyridine rings is 1. The molecule has 0 fully saturated rings. The zero-order valence-electron chi connectivity index (χ0n) is 18.5. The van der Waals surface area contributed by atoms with Crippen molar-refractivity contribution in [2.24, 2.45) is 0 Å². The van der Waals surface area contributed by atoms with Crippen molar-refractivity contribution < 1.29 is 14.3 Å². The van der Waals surface area contributed by atoms with Gasteiger partial charge in [-0.2, -0.15) is 0 Å². The van der Waals surface area contributed by atoms with E-state index in [0.29, 0.717) is 42.2 Å². The molecule has 0 saturated carbocycles. The van der Waals surface area contributed by atoms with Crippen molar-refractivity contribution in [3.05, 3.63) is 101 Å². The number of ether oxygens (including phenoxy) is 1. The molecular formula is C27H25N3O3. The molecule has 2 aliphatic heterocycles. The molecule has 0 radical (unpaired) electrons. The van der Waals surface area contributed by atoms with Crippen LogP contribution in [0.2, 0.25) is 0 Å². The van der Waals surface area contributed by atoms with Crippen LogP contribution < -0.4 is 4.74 Å². The lowest BCUT2D eigenvalue weighted by atomic mass is 9.98. The minimum absolute atomic E-state index is 0.146. The number of aromatic nitrogens is 1. The average Bonchev–Trinajstić information content (AvgIpc) is 3.10. The van der Waals surface area contributed by atoms with Crippen molar-refractivity contribution in [1.82, 2.24) is 14.8 Å². The first-order valence-electron chi connectivity index (χ1n) is 11.2. The minimum atomic E-state index is -0.288. The second-order valence-corrected chi connectivity index (χ2v) is 8.14. The number of rotatable bonds is 6. The van der Waals surface area contributed by atoms with Crippen LogP contribution in [0.25, 0.3) is 5.57 Å². The van der Waals surface area contributed by atoms with Gasteiger partial charge in [-0.25, -0.2) is 0 Å². The number of carbonyl (C=O) groups is 2. The number of hydrogen-bond acceptors (Lipinski definition) is 5. The van der Waals surface area contributed by atoms with Gasteiger partial charge in [-0.1, -0.05) is 42.5 Å². The zero-order chi connectivity index (χ0) is 22.8. The molecule has 2 amide bonds. The second-order valence-electron chi connectivity index (χ2n) is 8.14. The van der Waals surface area contributed by atoms with Crippen molar-refractivity contribution in [3.8, 4) is 5.75 Å². The Labute approximate surface area is 193 Å². The summed E-state index contributed by atoms with van der Waals surface area (Å²) in [5.41, 5.74) is 4.78. The Morgan fingerprint density at radius 3 is 2.39 bits per heavy atom. The van der Waals surface area contributed by atoms with Crippen LogP contribution in [0.15, 0.2) is 78.6 Å². The SMILES string of the molecule is CCOc1ccc(C2=C(N3CCc4ccccc4C3)C(=O)N(Cc3ccccn3)C2=O)cc1. The fraction of sp³-hybridized carbons (Fsp3) is 0.222. The van der Waals surface area contributed by atoms with Crippen molar-refractivity contribution in [2.45, 2.75) is 26.4 Å². The lowest BCUT2D eigenvalue weighted by Gasteiger charge is -2.31. The molecule has 0 aliphatic carbocycles. The van der Waals surface area contributed by atoms with Gasteiger partial charge in [-0.3, -0.25) is 19.5 Å². The molecule has 6 nitrogen and oxygen atoms in total. The van der Waals surface area contributed by atoms with Crippen LogP contribution in [0.3, 0.4) is 0 Å². The summed E-state index contributed by atoms with van der Waals surface area (Å²) in [5, 5.41) is 0. The predicted molar refractivity (Wildman–Crippen MR) is 125 cm³/mol. The van der Waals surface area contributed by atoms with Gasteiger partial charge in [0, 0.05) is 19.3 Å². The number of amides is 2. The third-order valence-corrected chi connectivity index (χ3v) is 6.09. The Morgan fingerprint density at radius 2 is 1.67 bits per heavy atom. The Bertz CT molecular complexity index is 1220. The largest absolute Gasteiger partial charge is 0.494 e. The van der Waals surface area contributed by atoms with E-state index in [-0.39, 0.29) is 18.4 Å². The third-order valence-electron chi connectivity index (χ3n) is 6.09. The Hall–Kier alpha value is -3.93. The zero-order valence-corrected chi connectivity index (χ0v) is 18.5. The van der Waals surface area contributed by atoms with Gasteiger partial charge in [-0.05, 0) is 54.3 Å². The van der Waals surface area contributed by atoms with Crippen LogP contribution in [0.5, 0.6) is 5.75 Å². The first kappa shape index (κ1) is 20.9. The molecule has 0 atom stereocenters. The standard InChI is InChI=1S/C27H25N3O3/c1-2-33-23-12-10-20(11-13-23)24-25(29-16-14-19-7-3-4-8-21(19)17-29)27(32)30(26(24)31)18-22-9-5-6-15-28-22/h3-13,15H,2,14,16-18H2,1H3. The van der Waals surface area contributed by atoms with E-state index in [1.54, 1.807) is 6.20 Å². The Kier molecular flexibility index (Phi) is 5.65. The molecule has 33 heavy (non-hydrogen) atoms. The summed E-state index contributed by atoms with van der Waals surface area (Å²) in [6, 6.07) is 21.2. The summed E-state index contributed by atoms with van der Waals surface area (Å²) < 4.78 is 5.56. The quantitative estimate of drug-likeness (QED) is 0.547.